The summed E-state index contributed by atoms with van der Waals surface area (Å²) in [7, 11) is 1.30. The van der Waals surface area contributed by atoms with Crippen LogP contribution in [-0.2, 0) is 27.3 Å². The molecule has 2 atom stereocenters. The molecule has 3 N–H and O–H groups in total. The largest absolute Gasteiger partial charge is 0.477 e. The maximum absolute atomic E-state index is 12.5. The van der Waals surface area contributed by atoms with Crippen molar-refractivity contribution in [2.45, 2.75) is 32.3 Å². The molecule has 0 aromatic heterocycles. The lowest BCUT2D eigenvalue weighted by Gasteiger charge is -2.24. The molecule has 0 radical (unpaired) electrons. The number of nitrogens with one attached hydrogen (secondary N) is 1. The number of methoxy groups -OCH3 is 1. The molecule has 11 nitrogen and oxygen atoms in total. The van der Waals surface area contributed by atoms with E-state index in [1.165, 1.54) is 7.11 Å². The van der Waals surface area contributed by atoms with Gasteiger partial charge in [-0.1, -0.05) is 18.2 Å². The highest BCUT2D eigenvalue weighted by Gasteiger charge is 2.39. The van der Waals surface area contributed by atoms with Gasteiger partial charge in [0.1, 0.15) is 5.71 Å². The number of nitrogens with zero attached hydrogens (tertiary/aromatic N) is 4. The minimum atomic E-state index is -1.36. The highest BCUT2D eigenvalue weighted by atomic mass is 16.5. The number of benzene rings is 1. The van der Waals surface area contributed by atoms with E-state index >= 15 is 0 Å². The lowest BCUT2D eigenvalue weighted by Crippen LogP contribution is -2.42. The molecular formula is C18H19N5O6. The maximum Gasteiger partial charge on any atom is 0.354 e. The predicted octanol–water partition coefficient (Wildman–Crippen LogP) is 0.402. The van der Waals surface area contributed by atoms with Gasteiger partial charge in [0.25, 0.3) is 5.91 Å². The molecule has 1 aromatic carbocycles. The Hall–Kier alpha value is -3.60. The SMILES string of the molecule is CCc1cc(C(=O)OC)ccc1CNC(=O)C1=NC2C(O)N=NN2C(C(=O)O)=C1. The third kappa shape index (κ3) is 3.99. The van der Waals surface area contributed by atoms with Crippen molar-refractivity contribution in [2.24, 2.45) is 15.3 Å². The number of hydrogen-bond acceptors (Lipinski definition) is 9. The lowest BCUT2D eigenvalue weighted by atomic mass is 10.0. The summed E-state index contributed by atoms with van der Waals surface area (Å²) in [6.45, 7) is 2.06. The van der Waals surface area contributed by atoms with Crippen LogP contribution in [0.4, 0.5) is 0 Å². The Morgan fingerprint density at radius 2 is 2.03 bits per heavy atom. The normalized spacial score (nSPS) is 19.9. The first-order valence-electron chi connectivity index (χ1n) is 8.74. The molecule has 1 amide bonds. The number of carboxylic acids is 1. The van der Waals surface area contributed by atoms with Gasteiger partial charge in [-0.05, 0) is 29.7 Å². The van der Waals surface area contributed by atoms with Crippen LogP contribution in [0.1, 0.15) is 28.4 Å². The number of carbonyl (C=O) groups is 3. The second-order valence-corrected chi connectivity index (χ2v) is 6.24. The van der Waals surface area contributed by atoms with Gasteiger partial charge in [0.2, 0.25) is 6.23 Å². The lowest BCUT2D eigenvalue weighted by molar-refractivity contribution is -0.134. The molecule has 1 aromatic rings. The Morgan fingerprint density at radius 1 is 1.28 bits per heavy atom. The summed E-state index contributed by atoms with van der Waals surface area (Å²) >= 11 is 0. The molecule has 152 valence electrons. The van der Waals surface area contributed by atoms with Crippen molar-refractivity contribution < 1.29 is 29.3 Å². The topological polar surface area (TPSA) is 153 Å². The zero-order valence-electron chi connectivity index (χ0n) is 15.7. The van der Waals surface area contributed by atoms with Gasteiger partial charge in [-0.15, -0.1) is 5.11 Å². The second-order valence-electron chi connectivity index (χ2n) is 6.24. The number of aliphatic imine (C=N–C) groups is 1. The fourth-order valence-electron chi connectivity index (χ4n) is 2.96. The van der Waals surface area contributed by atoms with Crippen LogP contribution in [0, 0.1) is 0 Å². The number of esters is 1. The Bertz CT molecular complexity index is 954. The Balaban J connectivity index is 1.76. The third-order valence-corrected chi connectivity index (χ3v) is 4.47. The molecule has 2 aliphatic heterocycles. The van der Waals surface area contributed by atoms with Crippen LogP contribution >= 0.6 is 0 Å². The molecule has 3 rings (SSSR count). The molecule has 2 heterocycles. The smallest absolute Gasteiger partial charge is 0.354 e. The van der Waals surface area contributed by atoms with Gasteiger partial charge in [0.05, 0.1) is 12.7 Å². The van der Waals surface area contributed by atoms with Crippen molar-refractivity contribution in [3.63, 3.8) is 0 Å². The molecule has 2 unspecified atom stereocenters. The molecular weight excluding hydrogens is 382 g/mol. The van der Waals surface area contributed by atoms with Crippen molar-refractivity contribution in [3.05, 3.63) is 46.7 Å². The summed E-state index contributed by atoms with van der Waals surface area (Å²) in [6, 6.07) is 5.01. The van der Waals surface area contributed by atoms with Gasteiger partial charge in [-0.2, -0.15) is 0 Å². The third-order valence-electron chi connectivity index (χ3n) is 4.47. The average molecular weight is 401 g/mol. The monoisotopic (exact) mass is 401 g/mol. The first-order valence-corrected chi connectivity index (χ1v) is 8.74. The van der Waals surface area contributed by atoms with Crippen molar-refractivity contribution in [2.75, 3.05) is 7.11 Å². The van der Waals surface area contributed by atoms with E-state index in [4.69, 9.17) is 4.74 Å². The number of carbonyl (C=O) groups excluding carboxylic acids is 2. The van der Waals surface area contributed by atoms with Crippen LogP contribution in [0.15, 0.2) is 45.3 Å². The molecule has 0 spiro atoms. The molecule has 2 aliphatic rings. The van der Waals surface area contributed by atoms with Crippen LogP contribution in [0.25, 0.3) is 0 Å². The van der Waals surface area contributed by atoms with Gasteiger partial charge in [-0.3, -0.25) is 4.79 Å². The number of hydrogen-bond donors (Lipinski definition) is 3. The molecule has 0 saturated heterocycles. The second kappa shape index (κ2) is 8.19. The Kier molecular flexibility index (Phi) is 5.69. The van der Waals surface area contributed by atoms with Crippen molar-refractivity contribution in [1.82, 2.24) is 10.3 Å². The van der Waals surface area contributed by atoms with Crippen molar-refractivity contribution >= 4 is 23.6 Å². The summed E-state index contributed by atoms with van der Waals surface area (Å²) < 4.78 is 4.71. The zero-order chi connectivity index (χ0) is 21.1. The standard InChI is InChI=1S/C18H19N5O6/c1-3-9-6-10(18(28)29-2)4-5-11(9)8-19-15(24)12-7-13(17(26)27)23-14(20-12)16(25)21-22-23/h4-7,14,16,25H,3,8H2,1-2H3,(H,19,24)(H,26,27). The van der Waals surface area contributed by atoms with Gasteiger partial charge < -0.3 is 20.3 Å². The van der Waals surface area contributed by atoms with Crippen LogP contribution < -0.4 is 5.32 Å². The van der Waals surface area contributed by atoms with Gasteiger partial charge in [-0.25, -0.2) is 19.6 Å². The summed E-state index contributed by atoms with van der Waals surface area (Å²) in [5.41, 5.74) is 1.59. The number of aliphatic carboxylic acids is 1. The first-order chi connectivity index (χ1) is 13.8. The zero-order valence-corrected chi connectivity index (χ0v) is 15.7. The van der Waals surface area contributed by atoms with E-state index in [2.05, 4.69) is 20.6 Å². The van der Waals surface area contributed by atoms with E-state index in [1.807, 2.05) is 6.92 Å². The van der Waals surface area contributed by atoms with Crippen molar-refractivity contribution in [1.29, 1.82) is 0 Å². The Morgan fingerprint density at radius 3 is 2.69 bits per heavy atom. The highest BCUT2D eigenvalue weighted by Crippen LogP contribution is 2.26. The molecule has 29 heavy (non-hydrogen) atoms. The van der Waals surface area contributed by atoms with Gasteiger partial charge >= 0.3 is 11.9 Å². The summed E-state index contributed by atoms with van der Waals surface area (Å²) in [5.74, 6) is -2.38. The number of amides is 1. The molecule has 0 fully saturated rings. The van der Waals surface area contributed by atoms with E-state index in [1.54, 1.807) is 18.2 Å². The fourth-order valence-corrected chi connectivity index (χ4v) is 2.96. The van der Waals surface area contributed by atoms with Crippen LogP contribution in [0.2, 0.25) is 0 Å². The minimum Gasteiger partial charge on any atom is -0.477 e. The summed E-state index contributed by atoms with van der Waals surface area (Å²) in [4.78, 5) is 39.7. The number of aliphatic hydroxyl groups is 1. The molecule has 0 saturated carbocycles. The predicted molar refractivity (Wildman–Crippen MR) is 98.6 cm³/mol. The number of fused-ring (bicyclic) bond motifs is 1. The van der Waals surface area contributed by atoms with E-state index < -0.39 is 30.2 Å². The van der Waals surface area contributed by atoms with Gasteiger partial charge in [0.15, 0.2) is 11.9 Å². The number of aryl methyl sites for hydroxylation is 1. The minimum absolute atomic E-state index is 0.143. The van der Waals surface area contributed by atoms with Crippen LogP contribution in [0.5, 0.6) is 0 Å². The average Bonchev–Trinajstić information content (AvgIpc) is 3.11. The van der Waals surface area contributed by atoms with Crippen molar-refractivity contribution in [3.8, 4) is 0 Å². The summed E-state index contributed by atoms with van der Waals surface area (Å²) in [5, 5.41) is 29.8. The quantitative estimate of drug-likeness (QED) is 0.583. The van der Waals surface area contributed by atoms with E-state index in [0.717, 1.165) is 22.2 Å². The highest BCUT2D eigenvalue weighted by molar-refractivity contribution is 6.44. The van der Waals surface area contributed by atoms with E-state index in [9.17, 15) is 24.6 Å². The summed E-state index contributed by atoms with van der Waals surface area (Å²) in [6.07, 6.45) is -0.755. The fraction of sp³-hybridized carbons (Fsp3) is 0.333. The van der Waals surface area contributed by atoms with Gasteiger partial charge in [0, 0.05) is 12.6 Å². The number of carboxylic acid groups (broad SMARTS) is 1. The molecule has 0 aliphatic carbocycles. The Labute approximate surface area is 165 Å². The maximum atomic E-state index is 12.5. The van der Waals surface area contributed by atoms with E-state index in [-0.39, 0.29) is 18.0 Å². The number of rotatable bonds is 6. The van der Waals surface area contributed by atoms with E-state index in [0.29, 0.717) is 12.0 Å². The number of ether oxygens (including phenoxy) is 1. The number of aliphatic hydroxyl groups excluding tert-OH is 1. The van der Waals surface area contributed by atoms with Crippen LogP contribution in [0.3, 0.4) is 0 Å². The molecule has 0 bridgehead atoms. The first kappa shape index (κ1) is 20.1. The molecule has 11 heteroatoms. The van der Waals surface area contributed by atoms with Crippen LogP contribution in [-0.4, -0.2) is 58.3 Å².